The summed E-state index contributed by atoms with van der Waals surface area (Å²) in [6.45, 7) is 7.91. The average molecular weight is 302 g/mol. The van der Waals surface area contributed by atoms with Crippen molar-refractivity contribution in [3.63, 3.8) is 0 Å². The molecular weight excluding hydrogens is 276 g/mol. The van der Waals surface area contributed by atoms with Gasteiger partial charge in [-0.2, -0.15) is 0 Å². The molecule has 0 bridgehead atoms. The summed E-state index contributed by atoms with van der Waals surface area (Å²) in [6.07, 6.45) is 1.53. The van der Waals surface area contributed by atoms with Crippen molar-refractivity contribution in [1.82, 2.24) is 4.90 Å². The van der Waals surface area contributed by atoms with Gasteiger partial charge in [-0.1, -0.05) is 32.0 Å². The molecule has 0 saturated carbocycles. The van der Waals surface area contributed by atoms with E-state index in [1.165, 1.54) is 0 Å². The van der Waals surface area contributed by atoms with Crippen LogP contribution in [0.5, 0.6) is 0 Å². The molecule has 0 atom stereocenters. The Hall–Kier alpha value is -1.84. The molecule has 0 radical (unpaired) electrons. The summed E-state index contributed by atoms with van der Waals surface area (Å²) >= 11 is 0. The predicted octanol–water partition coefficient (Wildman–Crippen LogP) is 2.93. The van der Waals surface area contributed by atoms with E-state index in [1.54, 1.807) is 0 Å². The van der Waals surface area contributed by atoms with Crippen molar-refractivity contribution in [1.29, 1.82) is 0 Å². The highest BCUT2D eigenvalue weighted by atomic mass is 16.2. The lowest BCUT2D eigenvalue weighted by Gasteiger charge is -2.34. The Morgan fingerprint density at radius 2 is 1.77 bits per heavy atom. The number of benzene rings is 1. The Labute approximate surface area is 133 Å². The van der Waals surface area contributed by atoms with E-state index in [0.29, 0.717) is 19.6 Å². The third-order valence-corrected chi connectivity index (χ3v) is 4.30. The predicted molar refractivity (Wildman–Crippen MR) is 88.6 cm³/mol. The first kappa shape index (κ1) is 16.5. The number of likely N-dealkylation sites (tertiary alicyclic amines) is 1. The second kappa shape index (κ2) is 7.43. The first-order valence-electron chi connectivity index (χ1n) is 8.19. The lowest BCUT2D eigenvalue weighted by atomic mass is 9.94. The van der Waals surface area contributed by atoms with Gasteiger partial charge < -0.3 is 9.80 Å². The zero-order valence-corrected chi connectivity index (χ0v) is 13.8. The fourth-order valence-electron chi connectivity index (χ4n) is 3.01. The fraction of sp³-hybridized carbons (Fsp3) is 0.556. The average Bonchev–Trinajstić information content (AvgIpc) is 2.56. The smallest absolute Gasteiger partial charge is 0.230 e. The highest BCUT2D eigenvalue weighted by molar-refractivity contribution is 5.95. The number of para-hydroxylation sites is 1. The van der Waals surface area contributed by atoms with Crippen molar-refractivity contribution < 1.29 is 9.59 Å². The summed E-state index contributed by atoms with van der Waals surface area (Å²) in [5.74, 6) is 0.437. The number of carbonyl (C=O) groups is 2. The van der Waals surface area contributed by atoms with E-state index in [2.05, 4.69) is 0 Å². The van der Waals surface area contributed by atoms with Crippen molar-refractivity contribution in [2.75, 3.05) is 24.5 Å². The maximum absolute atomic E-state index is 12.8. The normalized spacial score (nSPS) is 15.9. The van der Waals surface area contributed by atoms with Crippen molar-refractivity contribution in [2.45, 2.75) is 33.6 Å². The number of nitrogens with zero attached hydrogens (tertiary/aromatic N) is 2. The summed E-state index contributed by atoms with van der Waals surface area (Å²) in [5, 5.41) is 0. The summed E-state index contributed by atoms with van der Waals surface area (Å²) in [4.78, 5) is 28.5. The molecule has 0 N–H and O–H groups in total. The molecule has 1 aromatic carbocycles. The molecule has 2 amide bonds. The van der Waals surface area contributed by atoms with Gasteiger partial charge in [-0.15, -0.1) is 0 Å². The molecule has 4 heteroatoms. The van der Waals surface area contributed by atoms with Crippen molar-refractivity contribution in [3.8, 4) is 0 Å². The maximum atomic E-state index is 12.8. The van der Waals surface area contributed by atoms with Gasteiger partial charge in [0, 0.05) is 37.2 Å². The molecule has 0 aromatic heterocycles. The van der Waals surface area contributed by atoms with Crippen LogP contribution in [0.25, 0.3) is 0 Å². The monoisotopic (exact) mass is 302 g/mol. The molecule has 4 nitrogen and oxygen atoms in total. The summed E-state index contributed by atoms with van der Waals surface area (Å²) in [6, 6.07) is 9.81. The van der Waals surface area contributed by atoms with Crippen LogP contribution >= 0.6 is 0 Å². The van der Waals surface area contributed by atoms with E-state index in [9.17, 15) is 9.59 Å². The van der Waals surface area contributed by atoms with Crippen molar-refractivity contribution in [3.05, 3.63) is 30.3 Å². The first-order chi connectivity index (χ1) is 10.5. The molecule has 2 rings (SSSR count). The highest BCUT2D eigenvalue weighted by Crippen LogP contribution is 2.24. The SMILES string of the molecule is CCN(C(=O)C1CCN(C(=O)C(C)C)CC1)c1ccccc1. The van der Waals surface area contributed by atoms with E-state index >= 15 is 0 Å². The Kier molecular flexibility index (Phi) is 5.58. The second-order valence-corrected chi connectivity index (χ2v) is 6.17. The summed E-state index contributed by atoms with van der Waals surface area (Å²) < 4.78 is 0. The lowest BCUT2D eigenvalue weighted by molar-refractivity contribution is -0.137. The van der Waals surface area contributed by atoms with Gasteiger partial charge >= 0.3 is 0 Å². The van der Waals surface area contributed by atoms with Crippen LogP contribution in [-0.4, -0.2) is 36.3 Å². The number of anilines is 1. The zero-order chi connectivity index (χ0) is 16.1. The lowest BCUT2D eigenvalue weighted by Crippen LogP contribution is -2.45. The van der Waals surface area contributed by atoms with Crippen molar-refractivity contribution in [2.24, 2.45) is 11.8 Å². The van der Waals surface area contributed by atoms with Gasteiger partial charge in [-0.25, -0.2) is 0 Å². The molecule has 120 valence electrons. The highest BCUT2D eigenvalue weighted by Gasteiger charge is 2.30. The number of hydrogen-bond acceptors (Lipinski definition) is 2. The Bertz CT molecular complexity index is 505. The molecule has 1 fully saturated rings. The van der Waals surface area contributed by atoms with Gasteiger partial charge in [-0.3, -0.25) is 9.59 Å². The molecule has 0 spiro atoms. The molecule has 0 unspecified atom stereocenters. The second-order valence-electron chi connectivity index (χ2n) is 6.17. The van der Waals surface area contributed by atoms with E-state index < -0.39 is 0 Å². The van der Waals surface area contributed by atoms with E-state index in [0.717, 1.165) is 18.5 Å². The standard InChI is InChI=1S/C18H26N2O2/c1-4-20(16-8-6-5-7-9-16)18(22)15-10-12-19(13-11-15)17(21)14(2)3/h5-9,14-15H,4,10-13H2,1-3H3. The van der Waals surface area contributed by atoms with Crippen LogP contribution in [0.4, 0.5) is 5.69 Å². The zero-order valence-electron chi connectivity index (χ0n) is 13.8. The number of piperidine rings is 1. The molecule has 1 aliphatic rings. The van der Waals surface area contributed by atoms with Gasteiger partial charge in [0.15, 0.2) is 0 Å². The van der Waals surface area contributed by atoms with E-state index in [4.69, 9.17) is 0 Å². The van der Waals surface area contributed by atoms with E-state index in [-0.39, 0.29) is 23.7 Å². The van der Waals surface area contributed by atoms with Gasteiger partial charge in [-0.05, 0) is 31.9 Å². The van der Waals surface area contributed by atoms with Gasteiger partial charge in [0.1, 0.15) is 0 Å². The molecule has 1 heterocycles. The van der Waals surface area contributed by atoms with Crippen LogP contribution in [-0.2, 0) is 9.59 Å². The third-order valence-electron chi connectivity index (χ3n) is 4.30. The number of amides is 2. The topological polar surface area (TPSA) is 40.6 Å². The van der Waals surface area contributed by atoms with Crippen LogP contribution < -0.4 is 4.90 Å². The number of hydrogen-bond donors (Lipinski definition) is 0. The van der Waals surface area contributed by atoms with Gasteiger partial charge in [0.05, 0.1) is 0 Å². The quantitative estimate of drug-likeness (QED) is 0.858. The molecule has 1 aliphatic heterocycles. The molecule has 0 aliphatic carbocycles. The first-order valence-corrected chi connectivity index (χ1v) is 8.19. The van der Waals surface area contributed by atoms with Crippen LogP contribution in [0.15, 0.2) is 30.3 Å². The summed E-state index contributed by atoms with van der Waals surface area (Å²) in [7, 11) is 0. The Balaban J connectivity index is 1.98. The minimum atomic E-state index is 0.0244. The number of carbonyl (C=O) groups excluding carboxylic acids is 2. The Morgan fingerprint density at radius 3 is 2.27 bits per heavy atom. The van der Waals surface area contributed by atoms with Crippen LogP contribution in [0.3, 0.4) is 0 Å². The van der Waals surface area contributed by atoms with Crippen LogP contribution in [0.1, 0.15) is 33.6 Å². The van der Waals surface area contributed by atoms with E-state index in [1.807, 2.05) is 60.9 Å². The van der Waals surface area contributed by atoms with Gasteiger partial charge in [0.25, 0.3) is 0 Å². The van der Waals surface area contributed by atoms with Crippen LogP contribution in [0, 0.1) is 11.8 Å². The van der Waals surface area contributed by atoms with Crippen LogP contribution in [0.2, 0.25) is 0 Å². The fourth-order valence-corrected chi connectivity index (χ4v) is 3.01. The molecule has 1 saturated heterocycles. The maximum Gasteiger partial charge on any atom is 0.230 e. The van der Waals surface area contributed by atoms with Crippen molar-refractivity contribution >= 4 is 17.5 Å². The largest absolute Gasteiger partial charge is 0.342 e. The molecular formula is C18H26N2O2. The minimum absolute atomic E-state index is 0.0244. The Morgan fingerprint density at radius 1 is 1.18 bits per heavy atom. The third kappa shape index (κ3) is 3.67. The molecule has 22 heavy (non-hydrogen) atoms. The number of rotatable bonds is 4. The minimum Gasteiger partial charge on any atom is -0.342 e. The summed E-state index contributed by atoms with van der Waals surface area (Å²) in [5.41, 5.74) is 0.954. The van der Waals surface area contributed by atoms with Gasteiger partial charge in [0.2, 0.25) is 11.8 Å². The molecule has 1 aromatic rings.